The van der Waals surface area contributed by atoms with E-state index in [0.717, 1.165) is 19.7 Å². The molecule has 0 saturated heterocycles. The van der Waals surface area contributed by atoms with Gasteiger partial charge >= 0.3 is 0 Å². The molecule has 2 nitrogen and oxygen atoms in total. The van der Waals surface area contributed by atoms with E-state index in [-0.39, 0.29) is 0 Å². The number of unbranched alkanes of at least 4 members (excludes halogenated alkanes) is 5. The Morgan fingerprint density at radius 2 is 1.59 bits per heavy atom. The zero-order valence-electron chi connectivity index (χ0n) is 12.3. The van der Waals surface area contributed by atoms with Crippen LogP contribution in [-0.4, -0.2) is 25.8 Å². The van der Waals surface area contributed by atoms with Crippen LogP contribution in [0, 0.1) is 0 Å². The van der Waals surface area contributed by atoms with Crippen LogP contribution in [-0.2, 0) is 4.74 Å². The van der Waals surface area contributed by atoms with Crippen molar-refractivity contribution in [3.05, 3.63) is 0 Å². The van der Waals surface area contributed by atoms with Gasteiger partial charge in [0.05, 0.1) is 12.7 Å². The molecule has 17 heavy (non-hydrogen) atoms. The van der Waals surface area contributed by atoms with Crippen molar-refractivity contribution in [2.24, 2.45) is 0 Å². The van der Waals surface area contributed by atoms with Crippen molar-refractivity contribution in [1.29, 1.82) is 0 Å². The van der Waals surface area contributed by atoms with E-state index in [0.29, 0.717) is 6.10 Å². The van der Waals surface area contributed by atoms with Crippen molar-refractivity contribution in [3.8, 4) is 0 Å². The molecule has 0 rings (SSSR count). The first-order chi connectivity index (χ1) is 8.31. The molecular formula is C15H33NO. The van der Waals surface area contributed by atoms with Crippen LogP contribution in [0.1, 0.15) is 72.1 Å². The van der Waals surface area contributed by atoms with Crippen molar-refractivity contribution in [1.82, 2.24) is 5.32 Å². The Labute approximate surface area is 109 Å². The molecule has 1 N–H and O–H groups in total. The lowest BCUT2D eigenvalue weighted by atomic mass is 10.1. The van der Waals surface area contributed by atoms with Gasteiger partial charge in [-0.3, -0.25) is 0 Å². The lowest BCUT2D eigenvalue weighted by Crippen LogP contribution is -2.23. The molecule has 0 aliphatic rings. The van der Waals surface area contributed by atoms with E-state index in [2.05, 4.69) is 26.1 Å². The molecule has 0 saturated carbocycles. The van der Waals surface area contributed by atoms with Crippen LogP contribution in [0.25, 0.3) is 0 Å². The Morgan fingerprint density at radius 3 is 2.29 bits per heavy atom. The Bertz CT molecular complexity index is 139. The van der Waals surface area contributed by atoms with E-state index in [1.54, 1.807) is 0 Å². The summed E-state index contributed by atoms with van der Waals surface area (Å²) in [5.41, 5.74) is 0. The number of nitrogens with one attached hydrogen (secondary N) is 1. The van der Waals surface area contributed by atoms with E-state index in [1.165, 1.54) is 51.4 Å². The van der Waals surface area contributed by atoms with Crippen LogP contribution in [0.3, 0.4) is 0 Å². The highest BCUT2D eigenvalue weighted by atomic mass is 16.5. The molecule has 0 aromatic heterocycles. The predicted molar refractivity (Wildman–Crippen MR) is 76.6 cm³/mol. The van der Waals surface area contributed by atoms with Crippen LogP contribution in [0.2, 0.25) is 0 Å². The smallest absolute Gasteiger partial charge is 0.0594 e. The van der Waals surface area contributed by atoms with Gasteiger partial charge in [-0.15, -0.1) is 0 Å². The Kier molecular flexibility index (Phi) is 13.9. The second-order valence-electron chi connectivity index (χ2n) is 4.99. The summed E-state index contributed by atoms with van der Waals surface area (Å²) in [4.78, 5) is 0. The third-order valence-corrected chi connectivity index (χ3v) is 3.10. The molecule has 104 valence electrons. The van der Waals surface area contributed by atoms with Crippen molar-refractivity contribution in [2.75, 3.05) is 19.7 Å². The quantitative estimate of drug-likeness (QED) is 0.491. The average molecular weight is 243 g/mol. The van der Waals surface area contributed by atoms with Crippen LogP contribution < -0.4 is 5.32 Å². The average Bonchev–Trinajstić information content (AvgIpc) is 2.33. The van der Waals surface area contributed by atoms with E-state index in [9.17, 15) is 0 Å². The maximum absolute atomic E-state index is 5.77. The van der Waals surface area contributed by atoms with Gasteiger partial charge in [-0.1, -0.05) is 52.4 Å². The molecule has 0 aliphatic heterocycles. The van der Waals surface area contributed by atoms with Crippen molar-refractivity contribution in [2.45, 2.75) is 78.2 Å². The summed E-state index contributed by atoms with van der Waals surface area (Å²) in [6.45, 7) is 9.70. The molecule has 0 fully saturated rings. The molecular weight excluding hydrogens is 210 g/mol. The molecule has 2 heteroatoms. The zero-order valence-corrected chi connectivity index (χ0v) is 12.3. The van der Waals surface area contributed by atoms with Gasteiger partial charge in [0.25, 0.3) is 0 Å². The number of ether oxygens (including phenoxy) is 1. The van der Waals surface area contributed by atoms with Gasteiger partial charge in [0.15, 0.2) is 0 Å². The molecule has 0 aromatic carbocycles. The maximum atomic E-state index is 5.77. The summed E-state index contributed by atoms with van der Waals surface area (Å²) < 4.78 is 5.77. The Balaban J connectivity index is 3.08. The molecule has 0 aromatic rings. The Morgan fingerprint density at radius 1 is 0.882 bits per heavy atom. The number of hydrogen-bond acceptors (Lipinski definition) is 2. The SMILES string of the molecule is CCCCCCC(C)OCCNCCCCC. The first kappa shape index (κ1) is 16.9. The maximum Gasteiger partial charge on any atom is 0.0594 e. The third-order valence-electron chi connectivity index (χ3n) is 3.10. The molecule has 1 atom stereocenters. The van der Waals surface area contributed by atoms with E-state index in [1.807, 2.05) is 0 Å². The molecule has 0 heterocycles. The lowest BCUT2D eigenvalue weighted by Gasteiger charge is -2.13. The summed E-state index contributed by atoms with van der Waals surface area (Å²) in [5, 5.41) is 3.43. The van der Waals surface area contributed by atoms with Crippen molar-refractivity contribution >= 4 is 0 Å². The highest BCUT2D eigenvalue weighted by Crippen LogP contribution is 2.07. The van der Waals surface area contributed by atoms with Gasteiger partial charge in [0.2, 0.25) is 0 Å². The fraction of sp³-hybridized carbons (Fsp3) is 1.00. The summed E-state index contributed by atoms with van der Waals surface area (Å²) >= 11 is 0. The number of hydrogen-bond donors (Lipinski definition) is 1. The summed E-state index contributed by atoms with van der Waals surface area (Å²) in [5.74, 6) is 0. The monoisotopic (exact) mass is 243 g/mol. The predicted octanol–water partition coefficient (Wildman–Crippen LogP) is 4.14. The van der Waals surface area contributed by atoms with Crippen LogP contribution in [0.4, 0.5) is 0 Å². The first-order valence-corrected chi connectivity index (χ1v) is 7.63. The van der Waals surface area contributed by atoms with Crippen molar-refractivity contribution < 1.29 is 4.74 Å². The summed E-state index contributed by atoms with van der Waals surface area (Å²) in [7, 11) is 0. The Hall–Kier alpha value is -0.0800. The van der Waals surface area contributed by atoms with Gasteiger partial charge < -0.3 is 10.1 Å². The van der Waals surface area contributed by atoms with E-state index < -0.39 is 0 Å². The van der Waals surface area contributed by atoms with Gasteiger partial charge in [0, 0.05) is 6.54 Å². The summed E-state index contributed by atoms with van der Waals surface area (Å²) in [6, 6.07) is 0. The molecule has 0 aliphatic carbocycles. The van der Waals surface area contributed by atoms with Gasteiger partial charge in [-0.2, -0.15) is 0 Å². The van der Waals surface area contributed by atoms with Gasteiger partial charge in [-0.05, 0) is 26.3 Å². The fourth-order valence-electron chi connectivity index (χ4n) is 1.90. The van der Waals surface area contributed by atoms with Crippen LogP contribution in [0.15, 0.2) is 0 Å². The topological polar surface area (TPSA) is 21.3 Å². The number of rotatable bonds is 13. The van der Waals surface area contributed by atoms with Gasteiger partial charge in [0.1, 0.15) is 0 Å². The van der Waals surface area contributed by atoms with Crippen molar-refractivity contribution in [3.63, 3.8) is 0 Å². The lowest BCUT2D eigenvalue weighted by molar-refractivity contribution is 0.0604. The van der Waals surface area contributed by atoms with Crippen LogP contribution in [0.5, 0.6) is 0 Å². The highest BCUT2D eigenvalue weighted by molar-refractivity contribution is 4.53. The standard InChI is InChI=1S/C15H33NO/c1-4-6-8-9-11-15(3)17-14-13-16-12-10-7-5-2/h15-16H,4-14H2,1-3H3. The highest BCUT2D eigenvalue weighted by Gasteiger charge is 2.01. The minimum absolute atomic E-state index is 0.435. The van der Waals surface area contributed by atoms with Crippen LogP contribution >= 0.6 is 0 Å². The molecule has 0 amide bonds. The normalized spacial score (nSPS) is 12.9. The molecule has 0 bridgehead atoms. The largest absolute Gasteiger partial charge is 0.377 e. The fourth-order valence-corrected chi connectivity index (χ4v) is 1.90. The minimum Gasteiger partial charge on any atom is -0.377 e. The van der Waals surface area contributed by atoms with E-state index in [4.69, 9.17) is 4.74 Å². The molecule has 0 spiro atoms. The minimum atomic E-state index is 0.435. The molecule has 0 radical (unpaired) electrons. The second-order valence-corrected chi connectivity index (χ2v) is 4.99. The first-order valence-electron chi connectivity index (χ1n) is 7.63. The van der Waals surface area contributed by atoms with E-state index >= 15 is 0 Å². The zero-order chi connectivity index (χ0) is 12.8. The summed E-state index contributed by atoms with van der Waals surface area (Å²) in [6.07, 6.45) is 10.9. The third kappa shape index (κ3) is 13.9. The molecule has 1 unspecified atom stereocenters. The van der Waals surface area contributed by atoms with Gasteiger partial charge in [-0.25, -0.2) is 0 Å². The second kappa shape index (κ2) is 14.0.